The number of nitrogens with zero attached hydrogens (tertiary/aromatic N) is 3. The highest BCUT2D eigenvalue weighted by molar-refractivity contribution is 6.93. The monoisotopic (exact) mass is 1060 g/mol. The average Bonchev–Trinajstić information content (AvgIpc) is 1.27. The van der Waals surface area contributed by atoms with E-state index < -0.39 is 5.41 Å². The molecule has 0 fully saturated rings. The Hall–Kier alpha value is -8.86. The predicted molar refractivity (Wildman–Crippen MR) is 349 cm³/mol. The Morgan fingerprint density at radius 2 is 0.939 bits per heavy atom. The third kappa shape index (κ3) is 7.29. The van der Waals surface area contributed by atoms with Gasteiger partial charge in [-0.25, -0.2) is 0 Å². The Bertz CT molecular complexity index is 4310. The summed E-state index contributed by atoms with van der Waals surface area (Å²) in [6, 6.07) is 89.1. The van der Waals surface area contributed by atoms with E-state index >= 15 is 0 Å². The zero-order chi connectivity index (χ0) is 56.2. The van der Waals surface area contributed by atoms with Crippen molar-refractivity contribution in [2.24, 2.45) is 0 Å². The number of anilines is 8. The number of para-hydroxylation sites is 1. The highest BCUT2D eigenvalue weighted by Gasteiger charge is 2.56. The SMILES string of the molecule is Cc1ccccc1-c1cc2c3c(c1)N1c4ccc5ccccc5c4C4(c5ccccc5-c5ccccc54)c4cccc(c41)B3N(c1ccc(C(C)(C)C)cc1)c1cc(N(c3ccc(C(C)(C)C)cc3)c3ccc(C(C)(C)C)cc3)ccc1-2. The molecule has 0 aromatic heterocycles. The van der Waals surface area contributed by atoms with Crippen molar-refractivity contribution in [2.45, 2.75) is 90.9 Å². The van der Waals surface area contributed by atoms with Crippen molar-refractivity contribution in [3.8, 4) is 33.4 Å². The fourth-order valence-corrected chi connectivity index (χ4v) is 14.6. The molecule has 3 nitrogen and oxygen atoms in total. The normalized spacial score (nSPS) is 14.2. The summed E-state index contributed by atoms with van der Waals surface area (Å²) < 4.78 is 0. The van der Waals surface area contributed by atoms with Gasteiger partial charge in [0.05, 0.1) is 11.1 Å². The summed E-state index contributed by atoms with van der Waals surface area (Å²) in [5.41, 5.74) is 29.4. The van der Waals surface area contributed by atoms with Gasteiger partial charge >= 0.3 is 6.85 Å². The van der Waals surface area contributed by atoms with Gasteiger partial charge in [0, 0.05) is 50.9 Å². The summed E-state index contributed by atoms with van der Waals surface area (Å²) in [5, 5.41) is 2.52. The minimum atomic E-state index is -0.621. The van der Waals surface area contributed by atoms with Gasteiger partial charge in [-0.2, -0.15) is 0 Å². The first kappa shape index (κ1) is 50.1. The molecule has 398 valence electrons. The lowest BCUT2D eigenvalue weighted by Crippen LogP contribution is -2.62. The summed E-state index contributed by atoms with van der Waals surface area (Å²) in [5.74, 6) is 0. The van der Waals surface area contributed by atoms with E-state index in [4.69, 9.17) is 0 Å². The molecule has 0 saturated heterocycles. The molecule has 0 N–H and O–H groups in total. The van der Waals surface area contributed by atoms with Crippen molar-refractivity contribution < 1.29 is 0 Å². The highest BCUT2D eigenvalue weighted by Crippen LogP contribution is 2.65. The number of rotatable bonds is 5. The van der Waals surface area contributed by atoms with Crippen molar-refractivity contribution in [1.82, 2.24) is 0 Å². The van der Waals surface area contributed by atoms with E-state index in [0.29, 0.717) is 0 Å². The van der Waals surface area contributed by atoms with Gasteiger partial charge in [0.2, 0.25) is 0 Å². The molecule has 3 aliphatic heterocycles. The molecule has 0 unspecified atom stereocenters. The minimum Gasteiger partial charge on any atom is -0.376 e. The average molecular weight is 1060 g/mol. The third-order valence-corrected chi connectivity index (χ3v) is 18.6. The van der Waals surface area contributed by atoms with Crippen LogP contribution in [0.3, 0.4) is 0 Å². The van der Waals surface area contributed by atoms with E-state index in [1.54, 1.807) is 0 Å². The molecular weight excluding hydrogens is 990 g/mol. The van der Waals surface area contributed by atoms with Crippen molar-refractivity contribution in [3.05, 3.63) is 275 Å². The highest BCUT2D eigenvalue weighted by atomic mass is 15.2. The minimum absolute atomic E-state index is 0.0161. The molecule has 82 heavy (non-hydrogen) atoms. The fourth-order valence-electron chi connectivity index (χ4n) is 14.6. The van der Waals surface area contributed by atoms with Gasteiger partial charge in [0.15, 0.2) is 0 Å². The van der Waals surface area contributed by atoms with E-state index in [9.17, 15) is 0 Å². The maximum absolute atomic E-state index is 2.71. The van der Waals surface area contributed by atoms with Crippen molar-refractivity contribution in [2.75, 3.05) is 14.6 Å². The largest absolute Gasteiger partial charge is 0.376 e. The molecule has 0 bridgehead atoms. The predicted octanol–water partition coefficient (Wildman–Crippen LogP) is 19.6. The van der Waals surface area contributed by atoms with Crippen LogP contribution in [0, 0.1) is 6.92 Å². The van der Waals surface area contributed by atoms with Gasteiger partial charge in [0.25, 0.3) is 0 Å². The van der Waals surface area contributed by atoms with E-state index in [1.807, 2.05) is 0 Å². The summed E-state index contributed by atoms with van der Waals surface area (Å²) in [7, 11) is 0. The maximum atomic E-state index is 2.71. The molecule has 0 radical (unpaired) electrons. The van der Waals surface area contributed by atoms with E-state index in [0.717, 1.165) is 22.7 Å². The lowest BCUT2D eigenvalue weighted by Gasteiger charge is -2.52. The number of fused-ring (bicyclic) bond motifs is 15. The lowest BCUT2D eigenvalue weighted by molar-refractivity contribution is 0.590. The zero-order valence-corrected chi connectivity index (χ0v) is 48.9. The number of hydrogen-bond donors (Lipinski definition) is 0. The molecule has 1 spiro atoms. The number of benzene rings is 11. The Morgan fingerprint density at radius 1 is 0.402 bits per heavy atom. The standard InChI is InChI=1S/C78H68BN3/c1-49-20-11-13-22-59(49)51-46-64-63-44-43-58(80(55-37-31-52(32-38-55)75(2,3)4)56-39-33-53(34-40-56)76(5,6)7)48-70(63)82(57-41-35-54(36-42-57)77(8,9)10)79-68-29-19-28-67-74(68)81(71(47-51)73(64)79)69-45-30-50-21-12-14-23-60(50)72(69)78(67)65-26-17-15-24-61(65)62-25-16-18-27-66(62)78/h11-48H,1-10H3. The van der Waals surface area contributed by atoms with Crippen molar-refractivity contribution in [3.63, 3.8) is 0 Å². The number of hydrogen-bond acceptors (Lipinski definition) is 3. The van der Waals surface area contributed by atoms with Crippen LogP contribution in [-0.4, -0.2) is 6.85 Å². The summed E-state index contributed by atoms with van der Waals surface area (Å²) >= 11 is 0. The first-order chi connectivity index (χ1) is 39.5. The summed E-state index contributed by atoms with van der Waals surface area (Å²) in [6.45, 7) is 22.8. The fraction of sp³-hybridized carbons (Fsp3) is 0.179. The van der Waals surface area contributed by atoms with Crippen molar-refractivity contribution >= 4 is 74.0 Å². The second-order valence-electron chi connectivity index (χ2n) is 26.6. The van der Waals surface area contributed by atoms with Crippen molar-refractivity contribution in [1.29, 1.82) is 0 Å². The molecule has 0 atom stereocenters. The van der Waals surface area contributed by atoms with Crippen LogP contribution in [0.4, 0.5) is 45.5 Å². The van der Waals surface area contributed by atoms with Gasteiger partial charge in [0.1, 0.15) is 0 Å². The van der Waals surface area contributed by atoms with Gasteiger partial charge in [-0.3, -0.25) is 0 Å². The maximum Gasteiger partial charge on any atom is 0.333 e. The van der Waals surface area contributed by atoms with Crippen LogP contribution in [0.15, 0.2) is 231 Å². The molecule has 0 amide bonds. The Labute approximate surface area is 485 Å². The first-order valence-electron chi connectivity index (χ1n) is 29.4. The van der Waals surface area contributed by atoms with Crippen LogP contribution < -0.4 is 25.5 Å². The molecule has 1 aliphatic carbocycles. The van der Waals surface area contributed by atoms with E-state index in [1.165, 1.54) is 122 Å². The van der Waals surface area contributed by atoms with Gasteiger partial charge in [-0.05, 0) is 178 Å². The van der Waals surface area contributed by atoms with Crippen LogP contribution in [0.25, 0.3) is 44.2 Å². The first-order valence-corrected chi connectivity index (χ1v) is 29.4. The van der Waals surface area contributed by atoms with Crippen LogP contribution in [0.5, 0.6) is 0 Å². The molecule has 4 aliphatic rings. The van der Waals surface area contributed by atoms with Gasteiger partial charge < -0.3 is 14.6 Å². The Morgan fingerprint density at radius 3 is 1.55 bits per heavy atom. The Kier molecular flexibility index (Phi) is 10.9. The quantitative estimate of drug-likeness (QED) is 0.159. The zero-order valence-electron chi connectivity index (χ0n) is 48.9. The Balaban J connectivity index is 1.07. The summed E-state index contributed by atoms with van der Waals surface area (Å²) in [6.07, 6.45) is 0. The summed E-state index contributed by atoms with van der Waals surface area (Å²) in [4.78, 5) is 7.88. The lowest BCUT2D eigenvalue weighted by atomic mass is 9.42. The molecule has 0 saturated carbocycles. The van der Waals surface area contributed by atoms with E-state index in [2.05, 4.69) is 314 Å². The molecule has 4 heteroatoms. The third-order valence-electron chi connectivity index (χ3n) is 18.6. The smallest absolute Gasteiger partial charge is 0.333 e. The van der Waals surface area contributed by atoms with Gasteiger partial charge in [-0.15, -0.1) is 0 Å². The second kappa shape index (κ2) is 17.8. The van der Waals surface area contributed by atoms with Crippen LogP contribution in [0.1, 0.15) is 107 Å². The van der Waals surface area contributed by atoms with Gasteiger partial charge in [-0.1, -0.05) is 226 Å². The molecule has 15 rings (SSSR count). The van der Waals surface area contributed by atoms with E-state index in [-0.39, 0.29) is 23.1 Å². The second-order valence-corrected chi connectivity index (χ2v) is 26.6. The number of aryl methyl sites for hydroxylation is 1. The molecule has 11 aromatic carbocycles. The molecule has 3 heterocycles. The van der Waals surface area contributed by atoms with Crippen LogP contribution in [-0.2, 0) is 21.7 Å². The van der Waals surface area contributed by atoms with Crippen LogP contribution in [0.2, 0.25) is 0 Å². The van der Waals surface area contributed by atoms with Crippen LogP contribution >= 0.6 is 0 Å². The molecular formula is C78H68BN3. The topological polar surface area (TPSA) is 9.72 Å². The molecule has 11 aromatic rings.